The summed E-state index contributed by atoms with van der Waals surface area (Å²) >= 11 is 0. The van der Waals surface area contributed by atoms with Crippen molar-refractivity contribution >= 4 is 0 Å². The van der Waals surface area contributed by atoms with Crippen LogP contribution in [0.2, 0.25) is 0 Å². The van der Waals surface area contributed by atoms with Gasteiger partial charge in [0.2, 0.25) is 0 Å². The van der Waals surface area contributed by atoms with Crippen LogP contribution in [0.1, 0.15) is 70.6 Å². The first kappa shape index (κ1) is 9.55. The van der Waals surface area contributed by atoms with E-state index in [1.165, 1.54) is 70.6 Å². The van der Waals surface area contributed by atoms with Gasteiger partial charge in [0.1, 0.15) is 0 Å². The monoisotopic (exact) mass is 179 g/mol. The highest BCUT2D eigenvalue weighted by Crippen LogP contribution is 2.36. The Bertz CT molecular complexity index is 109. The summed E-state index contributed by atoms with van der Waals surface area (Å²) in [7, 11) is 0. The molecule has 3 saturated carbocycles. The van der Waals surface area contributed by atoms with Crippen LogP contribution in [0.25, 0.3) is 0 Å². The standard InChI is InChI=1S/C13H23/c1-2-4-6-12-8-10-13(11-9-12)7-5-3-1/h12H,1-11H2. The Hall–Kier alpha value is 0. The molecular formula is C13H23. The van der Waals surface area contributed by atoms with Crippen molar-refractivity contribution in [3.63, 3.8) is 0 Å². The van der Waals surface area contributed by atoms with Gasteiger partial charge in [0.25, 0.3) is 0 Å². The van der Waals surface area contributed by atoms with Crippen LogP contribution in [0.3, 0.4) is 0 Å². The summed E-state index contributed by atoms with van der Waals surface area (Å²) in [6.07, 6.45) is 16.5. The molecular weight excluding hydrogens is 156 g/mol. The van der Waals surface area contributed by atoms with Gasteiger partial charge in [0, 0.05) is 0 Å². The molecule has 0 atom stereocenters. The minimum absolute atomic E-state index is 1.10. The zero-order valence-corrected chi connectivity index (χ0v) is 8.86. The maximum atomic E-state index is 1.90. The van der Waals surface area contributed by atoms with E-state index < -0.39 is 0 Å². The summed E-state index contributed by atoms with van der Waals surface area (Å²) in [5.74, 6) is 3.00. The summed E-state index contributed by atoms with van der Waals surface area (Å²) in [5.41, 5.74) is 0. The van der Waals surface area contributed by atoms with E-state index >= 15 is 0 Å². The molecule has 0 aromatic rings. The van der Waals surface area contributed by atoms with Crippen molar-refractivity contribution in [1.29, 1.82) is 0 Å². The maximum Gasteiger partial charge on any atom is -0.0241 e. The lowest BCUT2D eigenvalue weighted by atomic mass is 9.78. The molecule has 75 valence electrons. The van der Waals surface area contributed by atoms with Gasteiger partial charge in [-0.3, -0.25) is 0 Å². The molecule has 3 aliphatic rings. The molecule has 13 heavy (non-hydrogen) atoms. The lowest BCUT2D eigenvalue weighted by Crippen LogP contribution is -2.12. The molecule has 0 aliphatic heterocycles. The summed E-state index contributed by atoms with van der Waals surface area (Å²) < 4.78 is 0. The third-order valence-electron chi connectivity index (χ3n) is 3.95. The molecule has 2 bridgehead atoms. The summed E-state index contributed by atoms with van der Waals surface area (Å²) in [5, 5.41) is 0. The Morgan fingerprint density at radius 2 is 1.31 bits per heavy atom. The van der Waals surface area contributed by atoms with Gasteiger partial charge < -0.3 is 0 Å². The number of rotatable bonds is 0. The fraction of sp³-hybridized carbons (Fsp3) is 0.923. The third kappa shape index (κ3) is 3.00. The largest absolute Gasteiger partial charge is 0.0533 e. The summed E-state index contributed by atoms with van der Waals surface area (Å²) in [4.78, 5) is 0. The molecule has 0 unspecified atom stereocenters. The molecule has 0 nitrogen and oxygen atoms in total. The normalized spacial score (nSPS) is 28.6. The van der Waals surface area contributed by atoms with Crippen LogP contribution >= 0.6 is 0 Å². The highest BCUT2D eigenvalue weighted by atomic mass is 14.3. The fourth-order valence-electron chi connectivity index (χ4n) is 2.96. The lowest BCUT2D eigenvalue weighted by molar-refractivity contribution is 0.342. The molecule has 0 aromatic carbocycles. The average Bonchev–Trinajstić information content (AvgIpc) is 2.25. The average molecular weight is 179 g/mol. The van der Waals surface area contributed by atoms with Crippen molar-refractivity contribution in [2.75, 3.05) is 0 Å². The second kappa shape index (κ2) is 5.02. The lowest BCUT2D eigenvalue weighted by Gasteiger charge is -2.27. The van der Waals surface area contributed by atoms with E-state index in [1.807, 2.05) is 5.92 Å². The molecule has 3 fully saturated rings. The highest BCUT2D eigenvalue weighted by Gasteiger charge is 2.21. The molecule has 0 amide bonds. The second-order valence-corrected chi connectivity index (χ2v) is 5.00. The summed E-state index contributed by atoms with van der Waals surface area (Å²) in [6, 6.07) is 0. The van der Waals surface area contributed by atoms with E-state index in [9.17, 15) is 0 Å². The Morgan fingerprint density at radius 1 is 0.615 bits per heavy atom. The van der Waals surface area contributed by atoms with Crippen LogP contribution < -0.4 is 0 Å². The first-order chi connectivity index (χ1) is 6.45. The van der Waals surface area contributed by atoms with Crippen LogP contribution in [0, 0.1) is 11.8 Å². The molecule has 0 aromatic heterocycles. The SMILES string of the molecule is C1CCC[C]2CCC(CCC1)CC2. The Labute approximate surface area is 83.1 Å². The molecule has 3 rings (SSSR count). The van der Waals surface area contributed by atoms with Crippen molar-refractivity contribution < 1.29 is 0 Å². The van der Waals surface area contributed by atoms with Crippen molar-refractivity contribution in [3.05, 3.63) is 5.92 Å². The minimum Gasteiger partial charge on any atom is -0.0533 e. The van der Waals surface area contributed by atoms with E-state index in [0.29, 0.717) is 0 Å². The molecule has 0 saturated heterocycles. The first-order valence-electron chi connectivity index (χ1n) is 6.29. The van der Waals surface area contributed by atoms with Crippen LogP contribution in [0.5, 0.6) is 0 Å². The predicted octanol–water partition coefficient (Wildman–Crippen LogP) is 4.50. The van der Waals surface area contributed by atoms with Gasteiger partial charge in [-0.05, 0) is 43.9 Å². The van der Waals surface area contributed by atoms with Crippen molar-refractivity contribution in [3.8, 4) is 0 Å². The predicted molar refractivity (Wildman–Crippen MR) is 57.5 cm³/mol. The molecule has 0 N–H and O–H groups in total. The van der Waals surface area contributed by atoms with Gasteiger partial charge in [0.05, 0.1) is 0 Å². The highest BCUT2D eigenvalue weighted by molar-refractivity contribution is 4.94. The number of hydrogen-bond donors (Lipinski definition) is 0. The second-order valence-electron chi connectivity index (χ2n) is 5.00. The van der Waals surface area contributed by atoms with Crippen LogP contribution in [0.15, 0.2) is 0 Å². The maximum absolute atomic E-state index is 1.90. The Kier molecular flexibility index (Phi) is 3.69. The van der Waals surface area contributed by atoms with Gasteiger partial charge in [-0.2, -0.15) is 0 Å². The van der Waals surface area contributed by atoms with Gasteiger partial charge in [-0.25, -0.2) is 0 Å². The van der Waals surface area contributed by atoms with Crippen molar-refractivity contribution in [2.45, 2.75) is 70.6 Å². The van der Waals surface area contributed by atoms with Gasteiger partial charge >= 0.3 is 0 Å². The van der Waals surface area contributed by atoms with Gasteiger partial charge in [0.15, 0.2) is 0 Å². The van der Waals surface area contributed by atoms with Crippen LogP contribution in [0.4, 0.5) is 0 Å². The molecule has 0 heterocycles. The van der Waals surface area contributed by atoms with E-state index in [4.69, 9.17) is 0 Å². The third-order valence-corrected chi connectivity index (χ3v) is 3.95. The molecule has 0 heteroatoms. The van der Waals surface area contributed by atoms with Crippen LogP contribution in [-0.4, -0.2) is 0 Å². The van der Waals surface area contributed by atoms with E-state index in [0.717, 1.165) is 5.92 Å². The fourth-order valence-corrected chi connectivity index (χ4v) is 2.96. The smallest absolute Gasteiger partial charge is 0.0241 e. The molecule has 1 radical (unpaired) electrons. The number of hydrogen-bond acceptors (Lipinski definition) is 0. The zero-order chi connectivity index (χ0) is 8.93. The van der Waals surface area contributed by atoms with E-state index in [1.54, 1.807) is 0 Å². The number of fused-ring (bicyclic) bond motifs is 8. The van der Waals surface area contributed by atoms with Crippen molar-refractivity contribution in [1.82, 2.24) is 0 Å². The Balaban J connectivity index is 1.83. The van der Waals surface area contributed by atoms with Gasteiger partial charge in [-0.15, -0.1) is 0 Å². The molecule has 0 spiro atoms. The van der Waals surface area contributed by atoms with Crippen molar-refractivity contribution in [2.24, 2.45) is 5.92 Å². The van der Waals surface area contributed by atoms with E-state index in [2.05, 4.69) is 0 Å². The molecule has 3 aliphatic carbocycles. The first-order valence-corrected chi connectivity index (χ1v) is 6.29. The topological polar surface area (TPSA) is 0 Å². The Morgan fingerprint density at radius 3 is 2.15 bits per heavy atom. The van der Waals surface area contributed by atoms with Crippen LogP contribution in [-0.2, 0) is 0 Å². The summed E-state index contributed by atoms with van der Waals surface area (Å²) in [6.45, 7) is 0. The quantitative estimate of drug-likeness (QED) is 0.514. The van der Waals surface area contributed by atoms with E-state index in [-0.39, 0.29) is 0 Å². The van der Waals surface area contributed by atoms with Gasteiger partial charge in [-0.1, -0.05) is 38.5 Å². The minimum atomic E-state index is 1.10. The zero-order valence-electron chi connectivity index (χ0n) is 8.86.